The lowest BCUT2D eigenvalue weighted by Gasteiger charge is -2.10. The molecular formula is C13H9BCl2FNO3. The number of hydrogen-bond acceptors (Lipinski definition) is 3. The third kappa shape index (κ3) is 3.54. The van der Waals surface area contributed by atoms with Crippen LogP contribution in [0.3, 0.4) is 0 Å². The predicted octanol–water partition coefficient (Wildman–Crippen LogP) is 2.06. The third-order valence-corrected chi connectivity index (χ3v) is 3.28. The molecule has 0 aliphatic rings. The van der Waals surface area contributed by atoms with Crippen molar-refractivity contribution in [3.05, 3.63) is 57.8 Å². The van der Waals surface area contributed by atoms with E-state index in [-0.39, 0.29) is 21.7 Å². The molecule has 1 amide bonds. The molecule has 0 spiro atoms. The lowest BCUT2D eigenvalue weighted by atomic mass is 9.79. The molecule has 0 aliphatic carbocycles. The Morgan fingerprint density at radius 1 is 1.19 bits per heavy atom. The maximum atomic E-state index is 14.0. The molecule has 8 heteroatoms. The molecule has 2 aromatic rings. The fourth-order valence-corrected chi connectivity index (χ4v) is 2.16. The standard InChI is InChI=1S/C13H9BCl2FNO3/c15-7-4-5-11(10(16)6-7)18-13(19)8-2-1-3-9(12(8)17)14(20)21/h1-6,20-21H,(H,18,19). The highest BCUT2D eigenvalue weighted by molar-refractivity contribution is 6.58. The topological polar surface area (TPSA) is 69.6 Å². The Hall–Kier alpha value is -1.60. The second-order valence-corrected chi connectivity index (χ2v) is 5.00. The molecule has 0 atom stereocenters. The van der Waals surface area contributed by atoms with Crippen LogP contribution in [-0.2, 0) is 0 Å². The van der Waals surface area contributed by atoms with Crippen LogP contribution in [0.4, 0.5) is 10.1 Å². The van der Waals surface area contributed by atoms with Crippen LogP contribution in [0.1, 0.15) is 10.4 Å². The molecule has 2 aromatic carbocycles. The van der Waals surface area contributed by atoms with Gasteiger partial charge in [0.05, 0.1) is 16.3 Å². The van der Waals surface area contributed by atoms with E-state index in [9.17, 15) is 9.18 Å². The highest BCUT2D eigenvalue weighted by Gasteiger charge is 2.22. The summed E-state index contributed by atoms with van der Waals surface area (Å²) in [7, 11) is -2.00. The Morgan fingerprint density at radius 2 is 1.90 bits per heavy atom. The highest BCUT2D eigenvalue weighted by Crippen LogP contribution is 2.25. The fourth-order valence-electron chi connectivity index (χ4n) is 1.71. The monoisotopic (exact) mass is 327 g/mol. The maximum Gasteiger partial charge on any atom is 0.491 e. The number of anilines is 1. The molecule has 0 saturated heterocycles. The molecule has 0 heterocycles. The number of halogens is 3. The largest absolute Gasteiger partial charge is 0.491 e. The normalized spacial score (nSPS) is 10.3. The van der Waals surface area contributed by atoms with E-state index in [1.807, 2.05) is 0 Å². The van der Waals surface area contributed by atoms with E-state index >= 15 is 0 Å². The Morgan fingerprint density at radius 3 is 2.52 bits per heavy atom. The van der Waals surface area contributed by atoms with Gasteiger partial charge in [0.2, 0.25) is 0 Å². The van der Waals surface area contributed by atoms with Crippen molar-refractivity contribution in [3.8, 4) is 0 Å². The molecule has 0 saturated carbocycles. The van der Waals surface area contributed by atoms with Gasteiger partial charge in [0, 0.05) is 10.5 Å². The van der Waals surface area contributed by atoms with Crippen molar-refractivity contribution >= 4 is 47.4 Å². The minimum atomic E-state index is -2.00. The van der Waals surface area contributed by atoms with E-state index in [1.165, 1.54) is 36.4 Å². The van der Waals surface area contributed by atoms with E-state index in [1.54, 1.807) is 0 Å². The fraction of sp³-hybridized carbons (Fsp3) is 0. The average Bonchev–Trinajstić information content (AvgIpc) is 2.41. The van der Waals surface area contributed by atoms with Crippen molar-refractivity contribution in [2.75, 3.05) is 5.32 Å². The van der Waals surface area contributed by atoms with Gasteiger partial charge >= 0.3 is 7.12 Å². The summed E-state index contributed by atoms with van der Waals surface area (Å²) in [6.45, 7) is 0. The van der Waals surface area contributed by atoms with Crippen LogP contribution in [0.25, 0.3) is 0 Å². The number of nitrogens with one attached hydrogen (secondary N) is 1. The van der Waals surface area contributed by atoms with E-state index in [2.05, 4.69) is 5.32 Å². The third-order valence-electron chi connectivity index (χ3n) is 2.73. The summed E-state index contributed by atoms with van der Waals surface area (Å²) in [5.74, 6) is -1.77. The van der Waals surface area contributed by atoms with E-state index in [0.29, 0.717) is 5.02 Å². The van der Waals surface area contributed by atoms with Gasteiger partial charge in [0.25, 0.3) is 5.91 Å². The second kappa shape index (κ2) is 6.45. The minimum absolute atomic E-state index is 0.203. The van der Waals surface area contributed by atoms with Gasteiger partial charge in [-0.05, 0) is 24.3 Å². The Bertz CT molecular complexity index is 697. The van der Waals surface area contributed by atoms with Crippen molar-refractivity contribution in [3.63, 3.8) is 0 Å². The zero-order valence-corrected chi connectivity index (χ0v) is 12.0. The average molecular weight is 328 g/mol. The number of carbonyl (C=O) groups is 1. The highest BCUT2D eigenvalue weighted by atomic mass is 35.5. The molecule has 2 rings (SSSR count). The Kier molecular flexibility index (Phi) is 4.85. The molecule has 0 bridgehead atoms. The van der Waals surface area contributed by atoms with Gasteiger partial charge in [-0.2, -0.15) is 0 Å². The Labute approximate surface area is 130 Å². The van der Waals surface area contributed by atoms with Gasteiger partial charge in [-0.1, -0.05) is 35.3 Å². The summed E-state index contributed by atoms with van der Waals surface area (Å²) in [6.07, 6.45) is 0. The van der Waals surface area contributed by atoms with Gasteiger partial charge in [0.1, 0.15) is 5.82 Å². The van der Waals surface area contributed by atoms with Crippen LogP contribution in [0.15, 0.2) is 36.4 Å². The first kappa shape index (κ1) is 15.8. The number of amides is 1. The first-order chi connectivity index (χ1) is 9.90. The van der Waals surface area contributed by atoms with Crippen molar-refractivity contribution in [2.24, 2.45) is 0 Å². The predicted molar refractivity (Wildman–Crippen MR) is 80.6 cm³/mol. The van der Waals surface area contributed by atoms with Gasteiger partial charge in [-0.3, -0.25) is 4.79 Å². The summed E-state index contributed by atoms with van der Waals surface area (Å²) < 4.78 is 14.0. The molecule has 0 radical (unpaired) electrons. The summed E-state index contributed by atoms with van der Waals surface area (Å²) in [5, 5.41) is 21.1. The minimum Gasteiger partial charge on any atom is -0.423 e. The summed E-state index contributed by atoms with van der Waals surface area (Å²) in [4.78, 5) is 12.0. The number of hydrogen-bond donors (Lipinski definition) is 3. The van der Waals surface area contributed by atoms with Crippen molar-refractivity contribution in [1.29, 1.82) is 0 Å². The van der Waals surface area contributed by atoms with Crippen LogP contribution in [0.5, 0.6) is 0 Å². The number of carbonyl (C=O) groups excluding carboxylic acids is 1. The van der Waals surface area contributed by atoms with E-state index in [4.69, 9.17) is 33.2 Å². The van der Waals surface area contributed by atoms with Gasteiger partial charge in [-0.15, -0.1) is 0 Å². The first-order valence-corrected chi connectivity index (χ1v) is 6.56. The van der Waals surface area contributed by atoms with Gasteiger partial charge in [0.15, 0.2) is 0 Å². The number of rotatable bonds is 3. The quantitative estimate of drug-likeness (QED) is 0.756. The summed E-state index contributed by atoms with van der Waals surface area (Å²) in [6, 6.07) is 8.17. The van der Waals surface area contributed by atoms with Crippen LogP contribution >= 0.6 is 23.2 Å². The lowest BCUT2D eigenvalue weighted by molar-refractivity contribution is 0.102. The van der Waals surface area contributed by atoms with Crippen molar-refractivity contribution < 1.29 is 19.2 Å². The molecule has 0 unspecified atom stereocenters. The summed E-state index contributed by atoms with van der Waals surface area (Å²) >= 11 is 11.6. The first-order valence-electron chi connectivity index (χ1n) is 5.81. The lowest BCUT2D eigenvalue weighted by Crippen LogP contribution is -2.34. The van der Waals surface area contributed by atoms with Crippen molar-refractivity contribution in [1.82, 2.24) is 0 Å². The number of benzene rings is 2. The maximum absolute atomic E-state index is 14.0. The zero-order valence-electron chi connectivity index (χ0n) is 10.5. The molecule has 0 aliphatic heterocycles. The molecule has 21 heavy (non-hydrogen) atoms. The zero-order chi connectivity index (χ0) is 15.6. The molecule has 3 N–H and O–H groups in total. The van der Waals surface area contributed by atoms with Crippen LogP contribution in [-0.4, -0.2) is 23.1 Å². The van der Waals surface area contributed by atoms with Crippen LogP contribution in [0, 0.1) is 5.82 Å². The second-order valence-electron chi connectivity index (χ2n) is 4.16. The van der Waals surface area contributed by atoms with E-state index < -0.39 is 18.8 Å². The molecule has 4 nitrogen and oxygen atoms in total. The summed E-state index contributed by atoms with van der Waals surface area (Å²) in [5.41, 5.74) is -0.447. The molecule has 0 aromatic heterocycles. The van der Waals surface area contributed by atoms with E-state index in [0.717, 1.165) is 0 Å². The van der Waals surface area contributed by atoms with Crippen LogP contribution < -0.4 is 10.8 Å². The van der Waals surface area contributed by atoms with Gasteiger partial charge in [-0.25, -0.2) is 4.39 Å². The van der Waals surface area contributed by atoms with Gasteiger partial charge < -0.3 is 15.4 Å². The van der Waals surface area contributed by atoms with Crippen molar-refractivity contribution in [2.45, 2.75) is 0 Å². The molecule has 0 fully saturated rings. The Balaban J connectivity index is 2.31. The van der Waals surface area contributed by atoms with Crippen LogP contribution in [0.2, 0.25) is 10.0 Å². The SMILES string of the molecule is O=C(Nc1ccc(Cl)cc1Cl)c1cccc(B(O)O)c1F. The molecular weight excluding hydrogens is 319 g/mol. The smallest absolute Gasteiger partial charge is 0.423 e. The molecule has 108 valence electrons.